The van der Waals surface area contributed by atoms with Gasteiger partial charge in [0, 0.05) is 13.5 Å². The summed E-state index contributed by atoms with van der Waals surface area (Å²) in [6, 6.07) is 0. The van der Waals surface area contributed by atoms with Crippen molar-refractivity contribution in [2.24, 2.45) is 0 Å². The first-order chi connectivity index (χ1) is 4.16. The van der Waals surface area contributed by atoms with E-state index < -0.39 is 6.29 Å². The molecular formula is C6H12O3. The maximum atomic E-state index is 10.2. The standard InChI is InChI=1S/C6H12O3/c1-4-8-6(3)9-5(2)7/h6H,4H2,1-3H3. The van der Waals surface area contributed by atoms with Crippen LogP contribution >= 0.6 is 0 Å². The van der Waals surface area contributed by atoms with E-state index in [-0.39, 0.29) is 5.97 Å². The lowest BCUT2D eigenvalue weighted by molar-refractivity contribution is -0.171. The Morgan fingerprint density at radius 1 is 1.67 bits per heavy atom. The fourth-order valence-electron chi connectivity index (χ4n) is 0.502. The van der Waals surface area contributed by atoms with Crippen molar-refractivity contribution >= 4 is 5.97 Å². The van der Waals surface area contributed by atoms with Crippen molar-refractivity contribution < 1.29 is 14.3 Å². The van der Waals surface area contributed by atoms with E-state index in [1.165, 1.54) is 6.92 Å². The molecule has 0 aliphatic carbocycles. The molecule has 3 nitrogen and oxygen atoms in total. The molecule has 0 aromatic rings. The summed E-state index contributed by atoms with van der Waals surface area (Å²) in [7, 11) is 0. The number of hydrogen-bond acceptors (Lipinski definition) is 3. The number of carbonyl (C=O) groups is 1. The third-order valence-electron chi connectivity index (χ3n) is 0.733. The lowest BCUT2D eigenvalue weighted by atomic mass is 10.7. The van der Waals surface area contributed by atoms with Crippen molar-refractivity contribution in [2.45, 2.75) is 27.1 Å². The van der Waals surface area contributed by atoms with Gasteiger partial charge in [0.2, 0.25) is 0 Å². The van der Waals surface area contributed by atoms with E-state index in [1.54, 1.807) is 6.92 Å². The molecule has 1 atom stereocenters. The predicted molar refractivity (Wildman–Crippen MR) is 32.9 cm³/mol. The highest BCUT2D eigenvalue weighted by atomic mass is 16.7. The van der Waals surface area contributed by atoms with Crippen LogP contribution in [0.5, 0.6) is 0 Å². The molecule has 0 aliphatic heterocycles. The molecule has 0 radical (unpaired) electrons. The molecule has 1 unspecified atom stereocenters. The minimum atomic E-state index is -0.410. The van der Waals surface area contributed by atoms with Gasteiger partial charge in [-0.15, -0.1) is 0 Å². The van der Waals surface area contributed by atoms with Gasteiger partial charge in [0.15, 0.2) is 6.29 Å². The van der Waals surface area contributed by atoms with Crippen LogP contribution in [0, 0.1) is 0 Å². The normalized spacial score (nSPS) is 12.8. The number of carbonyl (C=O) groups excluding carboxylic acids is 1. The minimum absolute atomic E-state index is 0.309. The highest BCUT2D eigenvalue weighted by molar-refractivity contribution is 5.65. The first-order valence-electron chi connectivity index (χ1n) is 2.95. The Hall–Kier alpha value is -0.570. The smallest absolute Gasteiger partial charge is 0.304 e. The summed E-state index contributed by atoms with van der Waals surface area (Å²) in [6.07, 6.45) is -0.410. The molecule has 0 aromatic heterocycles. The summed E-state index contributed by atoms with van der Waals surface area (Å²) in [5.74, 6) is -0.309. The summed E-state index contributed by atoms with van der Waals surface area (Å²) in [5.41, 5.74) is 0. The third-order valence-corrected chi connectivity index (χ3v) is 0.733. The summed E-state index contributed by atoms with van der Waals surface area (Å²) < 4.78 is 9.54. The van der Waals surface area contributed by atoms with Crippen molar-refractivity contribution in [1.29, 1.82) is 0 Å². The molecule has 0 N–H and O–H groups in total. The van der Waals surface area contributed by atoms with Gasteiger partial charge in [-0.3, -0.25) is 4.79 Å². The topological polar surface area (TPSA) is 35.5 Å². The Morgan fingerprint density at radius 3 is 2.56 bits per heavy atom. The van der Waals surface area contributed by atoms with Crippen LogP contribution in [0.15, 0.2) is 0 Å². The average molecular weight is 132 g/mol. The van der Waals surface area contributed by atoms with E-state index in [1.807, 2.05) is 6.92 Å². The predicted octanol–water partition coefficient (Wildman–Crippen LogP) is 0.932. The SMILES string of the molecule is CCOC(C)OC(C)=O. The molecule has 0 rings (SSSR count). The number of ether oxygens (including phenoxy) is 2. The number of rotatable bonds is 3. The second-order valence-electron chi connectivity index (χ2n) is 1.63. The maximum Gasteiger partial charge on any atom is 0.304 e. The summed E-state index contributed by atoms with van der Waals surface area (Å²) in [4.78, 5) is 10.2. The van der Waals surface area contributed by atoms with Crippen molar-refractivity contribution in [2.75, 3.05) is 6.61 Å². The Kier molecular flexibility index (Phi) is 4.05. The highest BCUT2D eigenvalue weighted by Gasteiger charge is 2.01. The van der Waals surface area contributed by atoms with Crippen LogP contribution in [0.2, 0.25) is 0 Å². The van der Waals surface area contributed by atoms with Gasteiger partial charge in [0.05, 0.1) is 0 Å². The molecular weight excluding hydrogens is 120 g/mol. The summed E-state index contributed by atoms with van der Waals surface area (Å²) >= 11 is 0. The van der Waals surface area contributed by atoms with Crippen LogP contribution in [0.3, 0.4) is 0 Å². The third kappa shape index (κ3) is 5.30. The summed E-state index contributed by atoms with van der Waals surface area (Å²) in [6.45, 7) is 5.45. The molecule has 0 aromatic carbocycles. The van der Waals surface area contributed by atoms with E-state index in [9.17, 15) is 4.79 Å². The largest absolute Gasteiger partial charge is 0.436 e. The second kappa shape index (κ2) is 4.32. The van der Waals surface area contributed by atoms with Crippen LogP contribution in [-0.4, -0.2) is 18.9 Å². The van der Waals surface area contributed by atoms with E-state index in [0.29, 0.717) is 6.61 Å². The van der Waals surface area contributed by atoms with E-state index in [0.717, 1.165) is 0 Å². The minimum Gasteiger partial charge on any atom is -0.436 e. The Labute approximate surface area is 55.0 Å². The number of hydrogen-bond donors (Lipinski definition) is 0. The first kappa shape index (κ1) is 8.43. The molecule has 0 spiro atoms. The van der Waals surface area contributed by atoms with Gasteiger partial charge in [-0.25, -0.2) is 0 Å². The van der Waals surface area contributed by atoms with Gasteiger partial charge < -0.3 is 9.47 Å². The monoisotopic (exact) mass is 132 g/mol. The van der Waals surface area contributed by atoms with Gasteiger partial charge in [0.25, 0.3) is 0 Å². The quantitative estimate of drug-likeness (QED) is 0.423. The molecule has 0 bridgehead atoms. The second-order valence-corrected chi connectivity index (χ2v) is 1.63. The van der Waals surface area contributed by atoms with Crippen LogP contribution in [0.25, 0.3) is 0 Å². The number of esters is 1. The van der Waals surface area contributed by atoms with Crippen LogP contribution in [0.4, 0.5) is 0 Å². The van der Waals surface area contributed by atoms with Crippen LogP contribution in [0.1, 0.15) is 20.8 Å². The lowest BCUT2D eigenvalue weighted by Gasteiger charge is -2.09. The summed E-state index contributed by atoms with van der Waals surface area (Å²) in [5, 5.41) is 0. The maximum absolute atomic E-state index is 10.2. The van der Waals surface area contributed by atoms with Crippen molar-refractivity contribution in [3.63, 3.8) is 0 Å². The Bertz CT molecular complexity index is 90.3. The fraction of sp³-hybridized carbons (Fsp3) is 0.833. The van der Waals surface area contributed by atoms with Crippen LogP contribution in [-0.2, 0) is 14.3 Å². The molecule has 0 heterocycles. The first-order valence-corrected chi connectivity index (χ1v) is 2.95. The van der Waals surface area contributed by atoms with E-state index in [2.05, 4.69) is 4.74 Å². The molecule has 0 amide bonds. The van der Waals surface area contributed by atoms with Gasteiger partial charge in [-0.2, -0.15) is 0 Å². The molecule has 3 heteroatoms. The van der Waals surface area contributed by atoms with Gasteiger partial charge in [-0.1, -0.05) is 0 Å². The molecule has 54 valence electrons. The van der Waals surface area contributed by atoms with Crippen molar-refractivity contribution in [1.82, 2.24) is 0 Å². The Morgan fingerprint density at radius 2 is 2.22 bits per heavy atom. The van der Waals surface area contributed by atoms with Gasteiger partial charge >= 0.3 is 5.97 Å². The molecule has 0 saturated carbocycles. The van der Waals surface area contributed by atoms with E-state index in [4.69, 9.17) is 4.74 Å². The van der Waals surface area contributed by atoms with E-state index >= 15 is 0 Å². The zero-order valence-electron chi connectivity index (χ0n) is 6.01. The van der Waals surface area contributed by atoms with Crippen LogP contribution < -0.4 is 0 Å². The van der Waals surface area contributed by atoms with Crippen molar-refractivity contribution in [3.05, 3.63) is 0 Å². The average Bonchev–Trinajstić information content (AvgIpc) is 1.63. The highest BCUT2D eigenvalue weighted by Crippen LogP contribution is 1.91. The zero-order chi connectivity index (χ0) is 7.28. The lowest BCUT2D eigenvalue weighted by Crippen LogP contribution is -2.15. The fourth-order valence-corrected chi connectivity index (χ4v) is 0.502. The van der Waals surface area contributed by atoms with Gasteiger partial charge in [-0.05, 0) is 13.8 Å². The zero-order valence-corrected chi connectivity index (χ0v) is 6.01. The molecule has 0 saturated heterocycles. The van der Waals surface area contributed by atoms with Crippen molar-refractivity contribution in [3.8, 4) is 0 Å². The molecule has 0 aliphatic rings. The molecule has 9 heavy (non-hydrogen) atoms. The Balaban J connectivity index is 3.26. The van der Waals surface area contributed by atoms with Gasteiger partial charge in [0.1, 0.15) is 0 Å². The molecule has 0 fully saturated rings.